The van der Waals surface area contributed by atoms with Crippen molar-refractivity contribution in [3.05, 3.63) is 71.2 Å². The maximum absolute atomic E-state index is 4.72. The van der Waals surface area contributed by atoms with Crippen LogP contribution in [-0.4, -0.2) is 4.98 Å². The molecule has 0 spiro atoms. The van der Waals surface area contributed by atoms with Crippen molar-refractivity contribution < 1.29 is 4.57 Å². The minimum absolute atomic E-state index is 0.0921. The molecule has 0 fully saturated rings. The zero-order chi connectivity index (χ0) is 17.1. The van der Waals surface area contributed by atoms with Crippen LogP contribution in [0.25, 0.3) is 22.4 Å². The highest BCUT2D eigenvalue weighted by molar-refractivity contribution is 5.87. The lowest BCUT2D eigenvalue weighted by atomic mass is 9.80. The predicted octanol–water partition coefficient (Wildman–Crippen LogP) is 4.50. The van der Waals surface area contributed by atoms with E-state index in [0.717, 1.165) is 0 Å². The van der Waals surface area contributed by atoms with Crippen LogP contribution >= 0.6 is 0 Å². The fraction of sp³-hybridized carbons (Fsp3) is 0.273. The van der Waals surface area contributed by atoms with E-state index in [1.54, 1.807) is 0 Å². The molecule has 0 saturated heterocycles. The third kappa shape index (κ3) is 1.96. The van der Waals surface area contributed by atoms with E-state index in [4.69, 9.17) is 4.98 Å². The summed E-state index contributed by atoms with van der Waals surface area (Å²) in [6.45, 7) is 8.93. The lowest BCUT2D eigenvalue weighted by Crippen LogP contribution is -2.32. The second-order valence-corrected chi connectivity index (χ2v) is 7.41. The molecule has 0 saturated carbocycles. The van der Waals surface area contributed by atoms with Crippen molar-refractivity contribution in [3.8, 4) is 22.4 Å². The molecular formula is C22H23N2+. The largest absolute Gasteiger partial charge is 0.260 e. The van der Waals surface area contributed by atoms with Crippen LogP contribution in [-0.2, 0) is 12.5 Å². The molecule has 0 aliphatic heterocycles. The molecule has 0 unspecified atom stereocenters. The number of benzene rings is 1. The summed E-state index contributed by atoms with van der Waals surface area (Å²) in [6.07, 6.45) is 4.10. The Hall–Kier alpha value is -2.48. The fourth-order valence-electron chi connectivity index (χ4n) is 4.16. The van der Waals surface area contributed by atoms with E-state index in [1.165, 1.54) is 44.8 Å². The van der Waals surface area contributed by atoms with E-state index in [1.807, 2.05) is 12.3 Å². The summed E-state index contributed by atoms with van der Waals surface area (Å²) in [5.74, 6) is 0. The normalized spacial score (nSPS) is 14.4. The van der Waals surface area contributed by atoms with Crippen molar-refractivity contribution in [3.63, 3.8) is 0 Å². The third-order valence-electron chi connectivity index (χ3n) is 5.27. The molecular weight excluding hydrogens is 292 g/mol. The van der Waals surface area contributed by atoms with E-state index in [-0.39, 0.29) is 5.41 Å². The maximum atomic E-state index is 4.72. The van der Waals surface area contributed by atoms with E-state index in [0.29, 0.717) is 0 Å². The number of pyridine rings is 2. The topological polar surface area (TPSA) is 16.8 Å². The van der Waals surface area contributed by atoms with Crippen LogP contribution < -0.4 is 4.57 Å². The van der Waals surface area contributed by atoms with Gasteiger partial charge in [-0.1, -0.05) is 32.0 Å². The van der Waals surface area contributed by atoms with Crippen LogP contribution in [0.5, 0.6) is 0 Å². The van der Waals surface area contributed by atoms with Gasteiger partial charge in [0.2, 0.25) is 5.69 Å². The van der Waals surface area contributed by atoms with Gasteiger partial charge in [-0.05, 0) is 42.7 Å². The van der Waals surface area contributed by atoms with Crippen LogP contribution in [0.2, 0.25) is 0 Å². The Morgan fingerprint density at radius 3 is 2.50 bits per heavy atom. The number of nitrogens with zero attached hydrogens (tertiary/aromatic N) is 2. The highest BCUT2D eigenvalue weighted by atomic mass is 14.9. The molecule has 2 heterocycles. The smallest absolute Gasteiger partial charge is 0.212 e. The number of hydrogen-bond donors (Lipinski definition) is 0. The Bertz CT molecular complexity index is 968. The molecule has 120 valence electrons. The predicted molar refractivity (Wildman–Crippen MR) is 97.9 cm³/mol. The zero-order valence-corrected chi connectivity index (χ0v) is 15.0. The summed E-state index contributed by atoms with van der Waals surface area (Å²) in [5.41, 5.74) is 10.3. The van der Waals surface area contributed by atoms with Gasteiger partial charge in [0.05, 0.1) is 11.3 Å². The Morgan fingerprint density at radius 2 is 1.75 bits per heavy atom. The lowest BCUT2D eigenvalue weighted by Gasteiger charge is -2.23. The molecule has 0 bridgehead atoms. The second kappa shape index (κ2) is 5.01. The summed E-state index contributed by atoms with van der Waals surface area (Å²) in [4.78, 5) is 4.72. The molecule has 1 aliphatic carbocycles. The van der Waals surface area contributed by atoms with Gasteiger partial charge in [0.1, 0.15) is 7.05 Å². The highest BCUT2D eigenvalue weighted by Gasteiger charge is 2.40. The van der Waals surface area contributed by atoms with Gasteiger partial charge in [-0.15, -0.1) is 0 Å². The molecule has 2 nitrogen and oxygen atoms in total. The summed E-state index contributed by atoms with van der Waals surface area (Å²) < 4.78 is 2.24. The van der Waals surface area contributed by atoms with Crippen LogP contribution in [0.15, 0.2) is 48.8 Å². The Kier molecular flexibility index (Phi) is 3.14. The van der Waals surface area contributed by atoms with E-state index >= 15 is 0 Å². The lowest BCUT2D eigenvalue weighted by molar-refractivity contribution is -0.660. The van der Waals surface area contributed by atoms with Crippen molar-refractivity contribution in [2.75, 3.05) is 0 Å². The van der Waals surface area contributed by atoms with E-state index < -0.39 is 0 Å². The first-order valence-corrected chi connectivity index (χ1v) is 8.48. The van der Waals surface area contributed by atoms with Gasteiger partial charge in [-0.2, -0.15) is 0 Å². The van der Waals surface area contributed by atoms with Crippen LogP contribution in [0, 0.1) is 13.8 Å². The van der Waals surface area contributed by atoms with Crippen LogP contribution in [0.1, 0.15) is 36.2 Å². The number of fused-ring (bicyclic) bond motifs is 3. The average molecular weight is 315 g/mol. The Balaban J connectivity index is 2.09. The molecule has 3 aromatic rings. The maximum Gasteiger partial charge on any atom is 0.212 e. The standard InChI is InChI=1S/C22H23N2/c1-14-8-11-18(24(5)13-14)19-15(2)9-10-16-17-7-6-12-23-21(17)22(3,4)20(16)19/h6-13H,1-5H3/q+1. The van der Waals surface area contributed by atoms with Crippen molar-refractivity contribution in [2.24, 2.45) is 7.05 Å². The van der Waals surface area contributed by atoms with Gasteiger partial charge in [-0.3, -0.25) is 4.98 Å². The van der Waals surface area contributed by atoms with Gasteiger partial charge in [0, 0.05) is 28.8 Å². The number of hydrogen-bond acceptors (Lipinski definition) is 1. The molecule has 1 aliphatic rings. The molecule has 24 heavy (non-hydrogen) atoms. The zero-order valence-electron chi connectivity index (χ0n) is 15.0. The quantitative estimate of drug-likeness (QED) is 0.604. The molecule has 0 radical (unpaired) electrons. The molecule has 1 aromatic carbocycles. The number of rotatable bonds is 1. The van der Waals surface area contributed by atoms with Crippen molar-refractivity contribution >= 4 is 0 Å². The van der Waals surface area contributed by atoms with Gasteiger partial charge in [0.15, 0.2) is 6.20 Å². The summed E-state index contributed by atoms with van der Waals surface area (Å²) >= 11 is 0. The summed E-state index contributed by atoms with van der Waals surface area (Å²) in [7, 11) is 2.13. The van der Waals surface area contributed by atoms with E-state index in [2.05, 4.69) is 75.8 Å². The Labute approximate surface area is 143 Å². The fourth-order valence-corrected chi connectivity index (χ4v) is 4.16. The molecule has 0 atom stereocenters. The van der Waals surface area contributed by atoms with E-state index in [9.17, 15) is 0 Å². The average Bonchev–Trinajstić information content (AvgIpc) is 2.77. The minimum Gasteiger partial charge on any atom is -0.260 e. The third-order valence-corrected chi connectivity index (χ3v) is 5.27. The molecule has 0 N–H and O–H groups in total. The number of aryl methyl sites for hydroxylation is 3. The molecule has 0 amide bonds. The first-order valence-electron chi connectivity index (χ1n) is 8.48. The molecule has 2 heteroatoms. The van der Waals surface area contributed by atoms with Gasteiger partial charge >= 0.3 is 0 Å². The first kappa shape index (κ1) is 15.1. The van der Waals surface area contributed by atoms with Crippen LogP contribution in [0.4, 0.5) is 0 Å². The highest BCUT2D eigenvalue weighted by Crippen LogP contribution is 2.51. The van der Waals surface area contributed by atoms with Gasteiger partial charge in [0.25, 0.3) is 0 Å². The Morgan fingerprint density at radius 1 is 0.958 bits per heavy atom. The monoisotopic (exact) mass is 315 g/mol. The van der Waals surface area contributed by atoms with Crippen molar-refractivity contribution in [2.45, 2.75) is 33.1 Å². The minimum atomic E-state index is -0.0921. The summed E-state index contributed by atoms with van der Waals surface area (Å²) in [6, 6.07) is 13.2. The first-order chi connectivity index (χ1) is 11.4. The molecule has 4 rings (SSSR count). The van der Waals surface area contributed by atoms with Crippen molar-refractivity contribution in [1.82, 2.24) is 4.98 Å². The van der Waals surface area contributed by atoms with Gasteiger partial charge in [-0.25, -0.2) is 4.57 Å². The second-order valence-electron chi connectivity index (χ2n) is 7.41. The van der Waals surface area contributed by atoms with Gasteiger partial charge < -0.3 is 0 Å². The van der Waals surface area contributed by atoms with Crippen molar-refractivity contribution in [1.29, 1.82) is 0 Å². The number of aromatic nitrogens is 2. The molecule has 2 aromatic heterocycles. The SMILES string of the molecule is Cc1ccc(-c2c(C)ccc3c2C(C)(C)c2ncccc2-3)[n+](C)c1. The summed E-state index contributed by atoms with van der Waals surface area (Å²) in [5, 5.41) is 0. The van der Waals surface area contributed by atoms with Crippen LogP contribution in [0.3, 0.4) is 0 Å².